The summed E-state index contributed by atoms with van der Waals surface area (Å²) in [5.41, 5.74) is 4.83. The fraction of sp³-hybridized carbons (Fsp3) is 0.444. The molecule has 2 unspecified atom stereocenters. The highest BCUT2D eigenvalue weighted by Crippen LogP contribution is 2.26. The number of aromatic nitrogens is 5. The van der Waals surface area contributed by atoms with Crippen LogP contribution in [0, 0.1) is 6.92 Å². The zero-order valence-electron chi connectivity index (χ0n) is 14.5. The Balaban J connectivity index is 1.49. The second-order valence-electron chi connectivity index (χ2n) is 7.04. The van der Waals surface area contributed by atoms with E-state index in [-0.39, 0.29) is 17.6 Å². The highest BCUT2D eigenvalue weighted by Gasteiger charge is 2.33. The number of nitrogens with zero attached hydrogens (tertiary/aromatic N) is 4. The fourth-order valence-electron chi connectivity index (χ4n) is 3.93. The number of rotatable bonds is 3. The Morgan fingerprint density at radius 3 is 3.12 bits per heavy atom. The minimum absolute atomic E-state index is 0.0588. The lowest BCUT2D eigenvalue weighted by Gasteiger charge is -2.21. The van der Waals surface area contributed by atoms with Crippen LogP contribution in [0.3, 0.4) is 0 Å². The van der Waals surface area contributed by atoms with Gasteiger partial charge >= 0.3 is 0 Å². The van der Waals surface area contributed by atoms with Crippen molar-refractivity contribution in [2.45, 2.75) is 38.3 Å². The molecule has 3 aromatic heterocycles. The molecule has 4 heterocycles. The highest BCUT2D eigenvalue weighted by molar-refractivity contribution is 5.86. The average Bonchev–Trinajstić information content (AvgIpc) is 3.33. The van der Waals surface area contributed by atoms with Crippen molar-refractivity contribution in [2.75, 3.05) is 18.5 Å². The molecule has 0 bridgehead atoms. The smallest absolute Gasteiger partial charge is 0.267 e. The standard InChI is InChI=1S/C18H20N6O2/c1-10-5-13-17(21-10)18(20-9-19-13)22-14-7-26-8-15(14)24-16(25)6-11-3-2-4-12(11)23-24/h5-6,9,14-15,21H,2-4,7-8H2,1H3,(H,19,20,22). The normalized spacial score (nSPS) is 22.0. The lowest BCUT2D eigenvalue weighted by Crippen LogP contribution is -2.38. The summed E-state index contributed by atoms with van der Waals surface area (Å²) in [6.45, 7) is 2.95. The first-order chi connectivity index (χ1) is 12.7. The molecule has 1 fully saturated rings. The van der Waals surface area contributed by atoms with Gasteiger partial charge < -0.3 is 15.0 Å². The van der Waals surface area contributed by atoms with E-state index in [1.54, 1.807) is 17.1 Å². The third-order valence-electron chi connectivity index (χ3n) is 5.22. The SMILES string of the molecule is Cc1cc2ncnc(NC3COCC3n3nc4c(cc3=O)CCC4)c2[nH]1. The topological polar surface area (TPSA) is 97.7 Å². The van der Waals surface area contributed by atoms with Crippen LogP contribution in [0.15, 0.2) is 23.3 Å². The van der Waals surface area contributed by atoms with Crippen LogP contribution < -0.4 is 10.9 Å². The Morgan fingerprint density at radius 2 is 2.19 bits per heavy atom. The molecule has 8 nitrogen and oxygen atoms in total. The van der Waals surface area contributed by atoms with Crippen LogP contribution in [0.25, 0.3) is 11.0 Å². The Hall–Kier alpha value is -2.74. The van der Waals surface area contributed by atoms with E-state index in [1.165, 1.54) is 0 Å². The molecule has 2 N–H and O–H groups in total. The molecular formula is C18H20N6O2. The second kappa shape index (κ2) is 5.91. The van der Waals surface area contributed by atoms with Gasteiger partial charge in [-0.25, -0.2) is 14.6 Å². The number of anilines is 1. The first-order valence-corrected chi connectivity index (χ1v) is 8.95. The number of hydrogen-bond donors (Lipinski definition) is 2. The van der Waals surface area contributed by atoms with Gasteiger partial charge in [-0.2, -0.15) is 5.10 Å². The van der Waals surface area contributed by atoms with Crippen LogP contribution >= 0.6 is 0 Å². The Morgan fingerprint density at radius 1 is 1.27 bits per heavy atom. The summed E-state index contributed by atoms with van der Waals surface area (Å²) in [6.07, 6.45) is 4.50. The number of fused-ring (bicyclic) bond motifs is 2. The van der Waals surface area contributed by atoms with Gasteiger partial charge in [0.05, 0.1) is 30.5 Å². The van der Waals surface area contributed by atoms with Crippen molar-refractivity contribution < 1.29 is 4.74 Å². The van der Waals surface area contributed by atoms with Gasteiger partial charge in [0.15, 0.2) is 5.82 Å². The first kappa shape index (κ1) is 15.5. The van der Waals surface area contributed by atoms with Gasteiger partial charge in [-0.15, -0.1) is 0 Å². The fourth-order valence-corrected chi connectivity index (χ4v) is 3.93. The van der Waals surface area contributed by atoms with Gasteiger partial charge in [0.25, 0.3) is 5.56 Å². The number of H-pyrrole nitrogens is 1. The maximum absolute atomic E-state index is 12.6. The monoisotopic (exact) mass is 352 g/mol. The Labute approximate surface area is 149 Å². The summed E-state index contributed by atoms with van der Waals surface area (Å²) in [5, 5.41) is 8.07. The highest BCUT2D eigenvalue weighted by atomic mass is 16.5. The van der Waals surface area contributed by atoms with Gasteiger partial charge in [0.2, 0.25) is 0 Å². The van der Waals surface area contributed by atoms with Crippen LogP contribution in [0.5, 0.6) is 0 Å². The van der Waals surface area contributed by atoms with Crippen LogP contribution in [-0.2, 0) is 17.6 Å². The van der Waals surface area contributed by atoms with E-state index >= 15 is 0 Å². The van der Waals surface area contributed by atoms with Crippen molar-refractivity contribution >= 4 is 16.9 Å². The van der Waals surface area contributed by atoms with E-state index in [4.69, 9.17) is 4.74 Å². The quantitative estimate of drug-likeness (QED) is 0.739. The number of ether oxygens (including phenoxy) is 1. The molecule has 134 valence electrons. The predicted molar refractivity (Wildman–Crippen MR) is 96.4 cm³/mol. The zero-order chi connectivity index (χ0) is 17.7. The van der Waals surface area contributed by atoms with Crippen molar-refractivity contribution in [1.82, 2.24) is 24.7 Å². The molecule has 3 aromatic rings. The third-order valence-corrected chi connectivity index (χ3v) is 5.22. The summed E-state index contributed by atoms with van der Waals surface area (Å²) in [6, 6.07) is 3.48. The molecule has 1 saturated heterocycles. The van der Waals surface area contributed by atoms with Gasteiger partial charge in [-0.3, -0.25) is 4.79 Å². The maximum Gasteiger partial charge on any atom is 0.267 e. The van der Waals surface area contributed by atoms with Crippen LogP contribution in [0.1, 0.15) is 29.4 Å². The number of aromatic amines is 1. The summed E-state index contributed by atoms with van der Waals surface area (Å²) in [4.78, 5) is 24.5. The van der Waals surface area contributed by atoms with Gasteiger partial charge in [0.1, 0.15) is 17.9 Å². The summed E-state index contributed by atoms with van der Waals surface area (Å²) < 4.78 is 7.26. The van der Waals surface area contributed by atoms with Gasteiger partial charge in [0, 0.05) is 11.8 Å². The number of hydrogen-bond acceptors (Lipinski definition) is 6. The van der Waals surface area contributed by atoms with Crippen LogP contribution in [0.4, 0.5) is 5.82 Å². The maximum atomic E-state index is 12.6. The van der Waals surface area contributed by atoms with E-state index < -0.39 is 0 Å². The second-order valence-corrected chi connectivity index (χ2v) is 7.04. The van der Waals surface area contributed by atoms with Crippen molar-refractivity contribution in [3.8, 4) is 0 Å². The third kappa shape index (κ3) is 2.48. The van der Waals surface area contributed by atoms with E-state index in [9.17, 15) is 4.79 Å². The molecule has 8 heteroatoms. The molecule has 0 saturated carbocycles. The van der Waals surface area contributed by atoms with Crippen LogP contribution in [-0.4, -0.2) is 44.0 Å². The lowest BCUT2D eigenvalue weighted by molar-refractivity contribution is 0.182. The van der Waals surface area contributed by atoms with Crippen LogP contribution in [0.2, 0.25) is 0 Å². The van der Waals surface area contributed by atoms with Gasteiger partial charge in [-0.05, 0) is 37.8 Å². The molecule has 1 aliphatic carbocycles. The predicted octanol–water partition coefficient (Wildman–Crippen LogP) is 1.36. The van der Waals surface area contributed by atoms with E-state index in [0.29, 0.717) is 13.2 Å². The summed E-state index contributed by atoms with van der Waals surface area (Å²) in [5.74, 6) is 0.720. The molecule has 5 rings (SSSR count). The summed E-state index contributed by atoms with van der Waals surface area (Å²) in [7, 11) is 0. The molecule has 0 radical (unpaired) electrons. The lowest BCUT2D eigenvalue weighted by atomic mass is 10.1. The zero-order valence-corrected chi connectivity index (χ0v) is 14.5. The molecule has 0 aromatic carbocycles. The van der Waals surface area contributed by atoms with E-state index in [1.807, 2.05) is 13.0 Å². The number of nitrogens with one attached hydrogen (secondary N) is 2. The van der Waals surface area contributed by atoms with Crippen molar-refractivity contribution in [3.05, 3.63) is 45.8 Å². The number of aryl methyl sites for hydroxylation is 3. The molecular weight excluding hydrogens is 332 g/mol. The first-order valence-electron chi connectivity index (χ1n) is 8.95. The Bertz CT molecular complexity index is 1040. The van der Waals surface area contributed by atoms with Crippen molar-refractivity contribution in [3.63, 3.8) is 0 Å². The Kier molecular flexibility index (Phi) is 3.53. The molecule has 2 atom stereocenters. The summed E-state index contributed by atoms with van der Waals surface area (Å²) >= 11 is 0. The van der Waals surface area contributed by atoms with E-state index in [0.717, 1.165) is 53.1 Å². The molecule has 26 heavy (non-hydrogen) atoms. The average molecular weight is 352 g/mol. The largest absolute Gasteiger partial charge is 0.377 e. The molecule has 0 spiro atoms. The minimum Gasteiger partial charge on any atom is -0.377 e. The van der Waals surface area contributed by atoms with Gasteiger partial charge in [-0.1, -0.05) is 0 Å². The van der Waals surface area contributed by atoms with Crippen molar-refractivity contribution in [2.24, 2.45) is 0 Å². The minimum atomic E-state index is -0.158. The molecule has 2 aliphatic rings. The van der Waals surface area contributed by atoms with E-state index in [2.05, 4.69) is 25.4 Å². The van der Waals surface area contributed by atoms with Crippen molar-refractivity contribution in [1.29, 1.82) is 0 Å². The molecule has 0 amide bonds. The molecule has 1 aliphatic heterocycles.